The minimum Gasteiger partial charge on any atom is -0.441 e. The standard InChI is InChI=1S/C17H20N4O4/c22-15(18-10-14-20-12-4-1-2-5-13(12)24-14)21-8-3-6-17(7-9-21)11-19-16(23)25-17/h1-2,4-5H,3,6-11H2,(H,18,22)(H,19,23)/t17-/m0/s1. The molecule has 0 saturated carbocycles. The van der Waals surface area contributed by atoms with Gasteiger partial charge < -0.3 is 24.7 Å². The van der Waals surface area contributed by atoms with Crippen LogP contribution in [-0.4, -0.2) is 47.2 Å². The third-order valence-electron chi connectivity index (χ3n) is 4.78. The van der Waals surface area contributed by atoms with Gasteiger partial charge in [-0.15, -0.1) is 0 Å². The molecule has 2 aromatic rings. The summed E-state index contributed by atoms with van der Waals surface area (Å²) < 4.78 is 11.0. The van der Waals surface area contributed by atoms with Crippen molar-refractivity contribution in [3.05, 3.63) is 30.2 Å². The maximum atomic E-state index is 12.4. The molecule has 1 spiro atoms. The molecule has 2 saturated heterocycles. The minimum absolute atomic E-state index is 0.156. The van der Waals surface area contributed by atoms with Crippen LogP contribution in [0.15, 0.2) is 28.7 Å². The number of urea groups is 1. The SMILES string of the molecule is O=C1NC[C@@]2(CCCN(C(=O)NCc3nc4ccccc4o3)CC2)O1. The molecule has 1 aromatic heterocycles. The predicted molar refractivity (Wildman–Crippen MR) is 88.9 cm³/mol. The van der Waals surface area contributed by atoms with Crippen molar-refractivity contribution in [1.82, 2.24) is 20.5 Å². The number of hydrogen-bond donors (Lipinski definition) is 2. The molecule has 1 atom stereocenters. The van der Waals surface area contributed by atoms with Crippen molar-refractivity contribution in [1.29, 1.82) is 0 Å². The monoisotopic (exact) mass is 344 g/mol. The van der Waals surface area contributed by atoms with E-state index in [1.165, 1.54) is 0 Å². The molecule has 2 N–H and O–H groups in total. The maximum absolute atomic E-state index is 12.4. The molecule has 3 heterocycles. The number of carbonyl (C=O) groups is 2. The number of oxazole rings is 1. The molecule has 0 unspecified atom stereocenters. The number of para-hydroxylation sites is 2. The summed E-state index contributed by atoms with van der Waals surface area (Å²) in [6, 6.07) is 7.34. The number of nitrogens with zero attached hydrogens (tertiary/aromatic N) is 2. The van der Waals surface area contributed by atoms with Gasteiger partial charge >= 0.3 is 12.1 Å². The number of likely N-dealkylation sites (tertiary alicyclic amines) is 1. The predicted octanol–water partition coefficient (Wildman–Crippen LogP) is 2.00. The van der Waals surface area contributed by atoms with Gasteiger partial charge in [-0.1, -0.05) is 12.1 Å². The molecular weight excluding hydrogens is 324 g/mol. The van der Waals surface area contributed by atoms with Gasteiger partial charge in [-0.05, 0) is 25.0 Å². The van der Waals surface area contributed by atoms with E-state index in [1.807, 2.05) is 24.3 Å². The van der Waals surface area contributed by atoms with Crippen molar-refractivity contribution < 1.29 is 18.7 Å². The Balaban J connectivity index is 1.34. The van der Waals surface area contributed by atoms with Gasteiger partial charge in [0.05, 0.1) is 13.1 Å². The lowest BCUT2D eigenvalue weighted by Crippen LogP contribution is -2.41. The van der Waals surface area contributed by atoms with Crippen LogP contribution in [-0.2, 0) is 11.3 Å². The molecule has 0 radical (unpaired) electrons. The Labute approximate surface area is 144 Å². The average molecular weight is 344 g/mol. The van der Waals surface area contributed by atoms with Crippen molar-refractivity contribution in [2.24, 2.45) is 0 Å². The Bertz CT molecular complexity index is 772. The molecule has 2 fully saturated rings. The number of amides is 3. The molecule has 1 aromatic carbocycles. The first-order valence-electron chi connectivity index (χ1n) is 8.48. The molecule has 3 amide bonds. The summed E-state index contributed by atoms with van der Waals surface area (Å²) in [5.74, 6) is 0.481. The van der Waals surface area contributed by atoms with E-state index in [9.17, 15) is 9.59 Å². The number of benzene rings is 1. The minimum atomic E-state index is -0.466. The zero-order valence-corrected chi connectivity index (χ0v) is 13.8. The Hall–Kier alpha value is -2.77. The molecule has 4 rings (SSSR count). The first kappa shape index (κ1) is 15.7. The van der Waals surface area contributed by atoms with Crippen LogP contribution in [0.3, 0.4) is 0 Å². The Morgan fingerprint density at radius 2 is 2.20 bits per heavy atom. The summed E-state index contributed by atoms with van der Waals surface area (Å²) in [4.78, 5) is 29.9. The van der Waals surface area contributed by atoms with E-state index in [4.69, 9.17) is 9.15 Å². The van der Waals surface area contributed by atoms with Gasteiger partial charge in [-0.25, -0.2) is 14.6 Å². The van der Waals surface area contributed by atoms with Gasteiger partial charge in [-0.3, -0.25) is 0 Å². The first-order chi connectivity index (χ1) is 12.1. The molecule has 2 aliphatic rings. The van der Waals surface area contributed by atoms with E-state index in [1.54, 1.807) is 4.90 Å². The summed E-state index contributed by atoms with van der Waals surface area (Å²) in [7, 11) is 0. The summed E-state index contributed by atoms with van der Waals surface area (Å²) in [6.07, 6.45) is 1.84. The second kappa shape index (κ2) is 6.27. The molecule has 2 aliphatic heterocycles. The van der Waals surface area contributed by atoms with Gasteiger partial charge in [-0.2, -0.15) is 0 Å². The van der Waals surface area contributed by atoms with Crippen LogP contribution in [0.25, 0.3) is 11.1 Å². The lowest BCUT2D eigenvalue weighted by atomic mass is 9.95. The van der Waals surface area contributed by atoms with Gasteiger partial charge in [0.2, 0.25) is 5.89 Å². The molecule has 25 heavy (non-hydrogen) atoms. The zero-order chi connectivity index (χ0) is 17.3. The van der Waals surface area contributed by atoms with Crippen LogP contribution in [0.2, 0.25) is 0 Å². The smallest absolute Gasteiger partial charge is 0.407 e. The number of aromatic nitrogens is 1. The van der Waals surface area contributed by atoms with Crippen molar-refractivity contribution in [3.63, 3.8) is 0 Å². The van der Waals surface area contributed by atoms with E-state index in [0.29, 0.717) is 37.5 Å². The molecule has 0 aliphatic carbocycles. The Morgan fingerprint density at radius 1 is 1.32 bits per heavy atom. The molecule has 0 bridgehead atoms. The van der Waals surface area contributed by atoms with Crippen LogP contribution >= 0.6 is 0 Å². The van der Waals surface area contributed by atoms with E-state index in [2.05, 4.69) is 15.6 Å². The van der Waals surface area contributed by atoms with Crippen LogP contribution in [0.5, 0.6) is 0 Å². The Morgan fingerprint density at radius 3 is 3.00 bits per heavy atom. The molecule has 8 heteroatoms. The third kappa shape index (κ3) is 3.24. The topological polar surface area (TPSA) is 96.7 Å². The highest BCUT2D eigenvalue weighted by Gasteiger charge is 2.41. The number of fused-ring (bicyclic) bond motifs is 1. The van der Waals surface area contributed by atoms with Crippen molar-refractivity contribution in [2.75, 3.05) is 19.6 Å². The quantitative estimate of drug-likeness (QED) is 0.868. The van der Waals surface area contributed by atoms with Crippen molar-refractivity contribution >= 4 is 23.2 Å². The lowest BCUT2D eigenvalue weighted by Gasteiger charge is -2.25. The fourth-order valence-corrected chi connectivity index (χ4v) is 3.41. The Kier molecular flexibility index (Phi) is 3.95. The third-order valence-corrected chi connectivity index (χ3v) is 4.78. The second-order valence-electron chi connectivity index (χ2n) is 6.50. The fraction of sp³-hybridized carbons (Fsp3) is 0.471. The second-order valence-corrected chi connectivity index (χ2v) is 6.50. The number of nitrogens with one attached hydrogen (secondary N) is 2. The van der Waals surface area contributed by atoms with Crippen LogP contribution < -0.4 is 10.6 Å². The van der Waals surface area contributed by atoms with Crippen LogP contribution in [0, 0.1) is 0 Å². The lowest BCUT2D eigenvalue weighted by molar-refractivity contribution is 0.0453. The number of carbonyl (C=O) groups excluding carboxylic acids is 2. The highest BCUT2D eigenvalue weighted by molar-refractivity contribution is 5.75. The highest BCUT2D eigenvalue weighted by atomic mass is 16.6. The number of rotatable bonds is 2. The van der Waals surface area contributed by atoms with Crippen molar-refractivity contribution in [3.8, 4) is 0 Å². The highest BCUT2D eigenvalue weighted by Crippen LogP contribution is 2.29. The number of hydrogen-bond acceptors (Lipinski definition) is 5. The van der Waals surface area contributed by atoms with Gasteiger partial charge in [0.1, 0.15) is 11.1 Å². The van der Waals surface area contributed by atoms with E-state index in [-0.39, 0.29) is 18.7 Å². The van der Waals surface area contributed by atoms with Crippen LogP contribution in [0.1, 0.15) is 25.2 Å². The molecule has 132 valence electrons. The van der Waals surface area contributed by atoms with Gasteiger partial charge in [0.25, 0.3) is 0 Å². The van der Waals surface area contributed by atoms with Gasteiger partial charge in [0, 0.05) is 19.5 Å². The van der Waals surface area contributed by atoms with Crippen LogP contribution in [0.4, 0.5) is 9.59 Å². The number of ether oxygens (including phenoxy) is 1. The van der Waals surface area contributed by atoms with E-state index < -0.39 is 5.60 Å². The average Bonchev–Trinajstić information content (AvgIpc) is 3.12. The molecule has 8 nitrogen and oxygen atoms in total. The summed E-state index contributed by atoms with van der Waals surface area (Å²) in [5.41, 5.74) is 1.02. The van der Waals surface area contributed by atoms with Crippen molar-refractivity contribution in [2.45, 2.75) is 31.4 Å². The first-order valence-corrected chi connectivity index (χ1v) is 8.48. The van der Waals surface area contributed by atoms with E-state index >= 15 is 0 Å². The van der Waals surface area contributed by atoms with Gasteiger partial charge in [0.15, 0.2) is 5.58 Å². The maximum Gasteiger partial charge on any atom is 0.407 e. The normalized spacial score (nSPS) is 23.4. The number of alkyl carbamates (subject to hydrolysis) is 1. The largest absolute Gasteiger partial charge is 0.441 e. The molecular formula is C17H20N4O4. The fourth-order valence-electron chi connectivity index (χ4n) is 3.41. The summed E-state index contributed by atoms with van der Waals surface area (Å²) in [6.45, 7) is 1.95. The van der Waals surface area contributed by atoms with E-state index in [0.717, 1.165) is 18.4 Å². The summed E-state index contributed by atoms with van der Waals surface area (Å²) >= 11 is 0. The zero-order valence-electron chi connectivity index (χ0n) is 13.8. The summed E-state index contributed by atoms with van der Waals surface area (Å²) in [5, 5.41) is 5.56.